The van der Waals surface area contributed by atoms with Crippen LogP contribution in [0.25, 0.3) is 6.08 Å². The highest BCUT2D eigenvalue weighted by Gasteiger charge is 2.16. The van der Waals surface area contributed by atoms with Crippen LogP contribution in [-0.4, -0.2) is 34.6 Å². The molecule has 0 bridgehead atoms. The first-order valence-electron chi connectivity index (χ1n) is 8.63. The maximum absolute atomic E-state index is 11.5. The number of nitrogens with one attached hydrogen (secondary N) is 1. The lowest BCUT2D eigenvalue weighted by Gasteiger charge is -2.17. The molecule has 0 fully saturated rings. The molecule has 0 aliphatic carbocycles. The van der Waals surface area contributed by atoms with Crippen molar-refractivity contribution in [1.82, 2.24) is 5.32 Å². The number of nitro groups is 1. The highest BCUT2D eigenvalue weighted by atomic mass is 35.5. The zero-order chi connectivity index (χ0) is 21.3. The molecule has 0 spiro atoms. The van der Waals surface area contributed by atoms with Crippen LogP contribution in [0.5, 0.6) is 5.75 Å². The molecule has 0 aromatic heterocycles. The molecule has 1 aromatic carbocycles. The van der Waals surface area contributed by atoms with Crippen LogP contribution in [-0.2, 0) is 9.59 Å². The van der Waals surface area contributed by atoms with Gasteiger partial charge in [0.15, 0.2) is 0 Å². The highest BCUT2D eigenvalue weighted by Crippen LogP contribution is 2.36. The van der Waals surface area contributed by atoms with Crippen LogP contribution in [0, 0.1) is 10.1 Å². The van der Waals surface area contributed by atoms with Gasteiger partial charge >= 0.3 is 5.97 Å². The molecule has 0 radical (unpaired) electrons. The van der Waals surface area contributed by atoms with Crippen molar-refractivity contribution < 1.29 is 24.4 Å². The first-order valence-corrected chi connectivity index (χ1v) is 9.39. The summed E-state index contributed by atoms with van der Waals surface area (Å²) in [6.45, 7) is 3.07. The fourth-order valence-electron chi connectivity index (χ4n) is 2.30. The standard InChI is InChI=1S/C18H22Cl2N2O6/c1-3-13(22(26)27)9-12-7-8-14(18(20)17(12)19)28-11(2)5-4-6-15(23)21-10-16(24)25/h7-9,11H,3-6,10H2,1-2H3,(H,21,23)(H,24,25)/b13-9-. The van der Waals surface area contributed by atoms with Crippen molar-refractivity contribution in [2.45, 2.75) is 45.6 Å². The van der Waals surface area contributed by atoms with Gasteiger partial charge in [0.1, 0.15) is 17.3 Å². The zero-order valence-electron chi connectivity index (χ0n) is 15.5. The summed E-state index contributed by atoms with van der Waals surface area (Å²) in [4.78, 5) is 32.3. The number of carboxylic acids is 1. The van der Waals surface area contributed by atoms with E-state index in [2.05, 4.69) is 5.32 Å². The average molecular weight is 433 g/mol. The number of hydrogen-bond donors (Lipinski definition) is 2. The van der Waals surface area contributed by atoms with E-state index in [1.165, 1.54) is 6.08 Å². The van der Waals surface area contributed by atoms with Gasteiger partial charge in [-0.3, -0.25) is 19.7 Å². The lowest BCUT2D eigenvalue weighted by atomic mass is 10.1. The molecule has 1 atom stereocenters. The summed E-state index contributed by atoms with van der Waals surface area (Å²) < 4.78 is 5.74. The minimum Gasteiger partial charge on any atom is -0.489 e. The maximum atomic E-state index is 11.5. The van der Waals surface area contributed by atoms with Crippen molar-refractivity contribution in [2.24, 2.45) is 0 Å². The van der Waals surface area contributed by atoms with Crippen LogP contribution >= 0.6 is 23.2 Å². The summed E-state index contributed by atoms with van der Waals surface area (Å²) in [5.41, 5.74) is 0.441. The predicted octanol–water partition coefficient (Wildman–Crippen LogP) is 4.16. The number of carbonyl (C=O) groups excluding carboxylic acids is 1. The Bertz CT molecular complexity index is 767. The Morgan fingerprint density at radius 1 is 1.36 bits per heavy atom. The third-order valence-corrected chi connectivity index (χ3v) is 4.65. The van der Waals surface area contributed by atoms with Crippen molar-refractivity contribution in [1.29, 1.82) is 0 Å². The van der Waals surface area contributed by atoms with E-state index < -0.39 is 17.4 Å². The molecule has 0 aliphatic heterocycles. The SMILES string of the molecule is CC/C(=C/c1ccc(OC(C)CCCC(=O)NCC(=O)O)c(Cl)c1Cl)[N+](=O)[O-]. The normalized spacial score (nSPS) is 12.4. The Morgan fingerprint density at radius 2 is 2.04 bits per heavy atom. The van der Waals surface area contributed by atoms with Gasteiger partial charge in [-0.15, -0.1) is 0 Å². The van der Waals surface area contributed by atoms with E-state index in [0.717, 1.165) is 0 Å². The average Bonchev–Trinajstić information content (AvgIpc) is 2.63. The first-order chi connectivity index (χ1) is 13.1. The van der Waals surface area contributed by atoms with E-state index >= 15 is 0 Å². The first kappa shape index (κ1) is 23.7. The monoisotopic (exact) mass is 432 g/mol. The Morgan fingerprint density at radius 3 is 2.61 bits per heavy atom. The number of allylic oxidation sites excluding steroid dienone is 1. The molecule has 1 amide bonds. The number of amides is 1. The van der Waals surface area contributed by atoms with Gasteiger partial charge < -0.3 is 15.2 Å². The van der Waals surface area contributed by atoms with Crippen LogP contribution in [0.15, 0.2) is 17.8 Å². The Balaban J connectivity index is 2.67. The summed E-state index contributed by atoms with van der Waals surface area (Å²) in [6, 6.07) is 3.18. The summed E-state index contributed by atoms with van der Waals surface area (Å²) in [5, 5.41) is 22.0. The minimum atomic E-state index is -1.10. The molecule has 0 saturated carbocycles. The predicted molar refractivity (Wildman–Crippen MR) is 106 cm³/mol. The van der Waals surface area contributed by atoms with Gasteiger partial charge in [-0.2, -0.15) is 0 Å². The molecule has 1 rings (SSSR count). The second-order valence-electron chi connectivity index (χ2n) is 6.02. The zero-order valence-corrected chi connectivity index (χ0v) is 17.0. The van der Waals surface area contributed by atoms with Crippen LogP contribution in [0.2, 0.25) is 10.0 Å². The number of hydrogen-bond acceptors (Lipinski definition) is 5. The van der Waals surface area contributed by atoms with Gasteiger partial charge in [-0.25, -0.2) is 0 Å². The van der Waals surface area contributed by atoms with Crippen molar-refractivity contribution in [3.63, 3.8) is 0 Å². The van der Waals surface area contributed by atoms with Gasteiger partial charge in [0.25, 0.3) is 0 Å². The molecule has 2 N–H and O–H groups in total. The molecule has 154 valence electrons. The smallest absolute Gasteiger partial charge is 0.322 e. The number of benzene rings is 1. The van der Waals surface area contributed by atoms with Crippen LogP contribution in [0.4, 0.5) is 0 Å². The van der Waals surface area contributed by atoms with Crippen molar-refractivity contribution in [2.75, 3.05) is 6.54 Å². The third kappa shape index (κ3) is 7.74. The van der Waals surface area contributed by atoms with Crippen molar-refractivity contribution in [3.8, 4) is 5.75 Å². The van der Waals surface area contributed by atoms with E-state index in [9.17, 15) is 19.7 Å². The van der Waals surface area contributed by atoms with Crippen molar-refractivity contribution >= 4 is 41.2 Å². The number of nitrogens with zero attached hydrogens (tertiary/aromatic N) is 1. The van der Waals surface area contributed by atoms with Crippen LogP contribution < -0.4 is 10.1 Å². The lowest BCUT2D eigenvalue weighted by molar-refractivity contribution is -0.425. The van der Waals surface area contributed by atoms with Gasteiger partial charge in [0.05, 0.1) is 16.0 Å². The Kier molecular flexibility index (Phi) is 9.75. The number of carboxylic acid groups (broad SMARTS) is 1. The second kappa shape index (κ2) is 11.5. The molecule has 0 saturated heterocycles. The van der Waals surface area contributed by atoms with E-state index in [1.807, 2.05) is 0 Å². The van der Waals surface area contributed by atoms with Gasteiger partial charge in [0, 0.05) is 24.5 Å². The molecule has 1 unspecified atom stereocenters. The fraction of sp³-hybridized carbons (Fsp3) is 0.444. The number of rotatable bonds is 11. The van der Waals surface area contributed by atoms with E-state index in [4.69, 9.17) is 33.0 Å². The highest BCUT2D eigenvalue weighted by molar-refractivity contribution is 6.43. The molecule has 1 aromatic rings. The molecule has 8 nitrogen and oxygen atoms in total. The molecule has 10 heteroatoms. The van der Waals surface area contributed by atoms with Crippen LogP contribution in [0.3, 0.4) is 0 Å². The van der Waals surface area contributed by atoms with Gasteiger partial charge in [-0.05, 0) is 31.9 Å². The van der Waals surface area contributed by atoms with E-state index in [-0.39, 0.29) is 40.6 Å². The summed E-state index contributed by atoms with van der Waals surface area (Å²) >= 11 is 12.4. The number of halogens is 2. The molecule has 0 heterocycles. The van der Waals surface area contributed by atoms with Crippen LogP contribution in [0.1, 0.15) is 45.1 Å². The lowest BCUT2D eigenvalue weighted by Crippen LogP contribution is -2.29. The fourth-order valence-corrected chi connectivity index (χ4v) is 2.73. The quantitative estimate of drug-likeness (QED) is 0.400. The van der Waals surface area contributed by atoms with E-state index in [0.29, 0.717) is 24.2 Å². The Hall–Kier alpha value is -2.32. The number of carbonyl (C=O) groups is 2. The topological polar surface area (TPSA) is 119 Å². The summed E-state index contributed by atoms with van der Waals surface area (Å²) in [7, 11) is 0. The number of aliphatic carboxylic acids is 1. The summed E-state index contributed by atoms with van der Waals surface area (Å²) in [5.74, 6) is -1.10. The van der Waals surface area contributed by atoms with Gasteiger partial charge in [-0.1, -0.05) is 30.1 Å². The van der Waals surface area contributed by atoms with E-state index in [1.54, 1.807) is 26.0 Å². The second-order valence-corrected chi connectivity index (χ2v) is 6.77. The molecular weight excluding hydrogens is 411 g/mol. The minimum absolute atomic E-state index is 0.0150. The van der Waals surface area contributed by atoms with Gasteiger partial charge in [0.2, 0.25) is 11.6 Å². The molecular formula is C18H22Cl2N2O6. The number of ether oxygens (including phenoxy) is 1. The summed E-state index contributed by atoms with van der Waals surface area (Å²) in [6.07, 6.45) is 2.57. The molecule has 28 heavy (non-hydrogen) atoms. The Labute approximate surface area is 172 Å². The maximum Gasteiger partial charge on any atom is 0.322 e. The largest absolute Gasteiger partial charge is 0.489 e. The third-order valence-electron chi connectivity index (χ3n) is 3.78. The molecule has 0 aliphatic rings. The van der Waals surface area contributed by atoms with Crippen molar-refractivity contribution in [3.05, 3.63) is 43.6 Å².